The van der Waals surface area contributed by atoms with Crippen LogP contribution in [0, 0.1) is 23.7 Å². The number of hydrogen-bond donors (Lipinski definition) is 2. The minimum Gasteiger partial charge on any atom is -0.458 e. The first-order chi connectivity index (χ1) is 27.4. The SMILES string of the molecule is CCCCC(CC)CC(=O)CC(C(=O)N1C[C@H](OCC(=O)OC(C)(C)C)C[C@H]1C(=O)CC(CCC)C(=O)C(=O)CCC(=O)NC(CCCC)C(N)=O)C1CCCCC1. The van der Waals surface area contributed by atoms with Crippen molar-refractivity contribution in [1.29, 1.82) is 0 Å². The van der Waals surface area contributed by atoms with E-state index in [1.165, 1.54) is 4.90 Å². The van der Waals surface area contributed by atoms with Gasteiger partial charge in [0.2, 0.25) is 23.5 Å². The molecule has 2 fully saturated rings. The van der Waals surface area contributed by atoms with Crippen LogP contribution in [0.4, 0.5) is 0 Å². The molecule has 0 radical (unpaired) electrons. The molecule has 0 spiro atoms. The van der Waals surface area contributed by atoms with Gasteiger partial charge in [-0.25, -0.2) is 4.79 Å². The number of nitrogens with one attached hydrogen (secondary N) is 1. The van der Waals surface area contributed by atoms with Crippen LogP contribution >= 0.6 is 0 Å². The summed E-state index contributed by atoms with van der Waals surface area (Å²) in [6.45, 7) is 12.9. The predicted octanol–water partition coefficient (Wildman–Crippen LogP) is 6.53. The molecule has 13 heteroatoms. The van der Waals surface area contributed by atoms with Crippen molar-refractivity contribution in [2.45, 2.75) is 201 Å². The Balaban J connectivity index is 2.32. The molecule has 1 aliphatic heterocycles. The molecule has 4 unspecified atom stereocenters. The molecule has 6 atom stereocenters. The maximum Gasteiger partial charge on any atom is 0.332 e. The quantitative estimate of drug-likeness (QED) is 0.0647. The molecule has 0 bridgehead atoms. The Morgan fingerprint density at radius 1 is 0.810 bits per heavy atom. The summed E-state index contributed by atoms with van der Waals surface area (Å²) in [7, 11) is 0. The average Bonchev–Trinajstić information content (AvgIpc) is 3.61. The van der Waals surface area contributed by atoms with E-state index >= 15 is 0 Å². The van der Waals surface area contributed by atoms with Crippen molar-refractivity contribution >= 4 is 46.8 Å². The molecule has 2 aliphatic rings. The molecule has 58 heavy (non-hydrogen) atoms. The maximum atomic E-state index is 14.8. The van der Waals surface area contributed by atoms with Gasteiger partial charge in [-0.2, -0.15) is 0 Å². The van der Waals surface area contributed by atoms with Crippen LogP contribution in [0.25, 0.3) is 0 Å². The molecule has 13 nitrogen and oxygen atoms in total. The zero-order valence-corrected chi connectivity index (χ0v) is 36.7. The van der Waals surface area contributed by atoms with Gasteiger partial charge in [0.25, 0.3) is 0 Å². The van der Waals surface area contributed by atoms with E-state index in [-0.39, 0.29) is 75.2 Å². The molecule has 0 aromatic carbocycles. The molecule has 0 aromatic heterocycles. The lowest BCUT2D eigenvalue weighted by Gasteiger charge is -2.34. The van der Waals surface area contributed by atoms with Crippen molar-refractivity contribution in [2.75, 3.05) is 13.2 Å². The van der Waals surface area contributed by atoms with Gasteiger partial charge in [-0.05, 0) is 58.3 Å². The van der Waals surface area contributed by atoms with Gasteiger partial charge in [0.15, 0.2) is 11.6 Å². The number of ether oxygens (including phenoxy) is 2. The molecule has 1 saturated heterocycles. The number of rotatable bonds is 28. The highest BCUT2D eigenvalue weighted by atomic mass is 16.6. The van der Waals surface area contributed by atoms with E-state index in [4.69, 9.17) is 15.2 Å². The molecule has 2 rings (SSSR count). The van der Waals surface area contributed by atoms with Crippen LogP contribution in [0.3, 0.4) is 0 Å². The Hall–Kier alpha value is -3.48. The third-order valence-corrected chi connectivity index (χ3v) is 11.7. The summed E-state index contributed by atoms with van der Waals surface area (Å²) in [5, 5.41) is 2.55. The zero-order valence-electron chi connectivity index (χ0n) is 36.7. The Labute approximate surface area is 347 Å². The van der Waals surface area contributed by atoms with Crippen molar-refractivity contribution < 1.29 is 47.8 Å². The fourth-order valence-corrected chi connectivity index (χ4v) is 8.41. The minimum atomic E-state index is -0.979. The van der Waals surface area contributed by atoms with E-state index in [9.17, 15) is 38.4 Å². The van der Waals surface area contributed by atoms with Gasteiger partial charge in [0.1, 0.15) is 24.0 Å². The Morgan fingerprint density at radius 2 is 1.47 bits per heavy atom. The Morgan fingerprint density at radius 3 is 2.05 bits per heavy atom. The van der Waals surface area contributed by atoms with Gasteiger partial charge >= 0.3 is 5.97 Å². The number of hydrogen-bond acceptors (Lipinski definition) is 10. The predicted molar refractivity (Wildman–Crippen MR) is 221 cm³/mol. The number of carbonyl (C=O) groups excluding carboxylic acids is 8. The van der Waals surface area contributed by atoms with Crippen molar-refractivity contribution in [3.8, 4) is 0 Å². The average molecular weight is 818 g/mol. The van der Waals surface area contributed by atoms with Crippen molar-refractivity contribution in [2.24, 2.45) is 29.4 Å². The zero-order chi connectivity index (χ0) is 43.4. The van der Waals surface area contributed by atoms with Crippen LogP contribution in [-0.4, -0.2) is 88.7 Å². The number of primary amides is 1. The van der Waals surface area contributed by atoms with Crippen molar-refractivity contribution in [1.82, 2.24) is 10.2 Å². The first-order valence-corrected chi connectivity index (χ1v) is 22.3. The van der Waals surface area contributed by atoms with Gasteiger partial charge in [-0.1, -0.05) is 91.9 Å². The van der Waals surface area contributed by atoms with Crippen LogP contribution < -0.4 is 11.1 Å². The minimum absolute atomic E-state index is 0.00691. The first kappa shape index (κ1) is 50.7. The maximum absolute atomic E-state index is 14.8. The van der Waals surface area contributed by atoms with Gasteiger partial charge < -0.3 is 25.4 Å². The van der Waals surface area contributed by atoms with E-state index < -0.39 is 70.8 Å². The van der Waals surface area contributed by atoms with Gasteiger partial charge in [-0.15, -0.1) is 0 Å². The monoisotopic (exact) mass is 818 g/mol. The summed E-state index contributed by atoms with van der Waals surface area (Å²) in [5.74, 6) is -5.30. The first-order valence-electron chi connectivity index (χ1n) is 22.3. The molecule has 330 valence electrons. The van der Waals surface area contributed by atoms with Crippen molar-refractivity contribution in [3.05, 3.63) is 0 Å². The molecule has 1 heterocycles. The molecular weight excluding hydrogens is 743 g/mol. The number of amides is 3. The molecule has 3 N–H and O–H groups in total. The van der Waals surface area contributed by atoms with Crippen LogP contribution in [0.15, 0.2) is 0 Å². The third kappa shape index (κ3) is 17.8. The van der Waals surface area contributed by atoms with Crippen LogP contribution in [0.1, 0.15) is 177 Å². The van der Waals surface area contributed by atoms with E-state index in [0.29, 0.717) is 25.7 Å². The lowest BCUT2D eigenvalue weighted by molar-refractivity contribution is -0.162. The third-order valence-electron chi connectivity index (χ3n) is 11.7. The van der Waals surface area contributed by atoms with E-state index in [2.05, 4.69) is 19.2 Å². The van der Waals surface area contributed by atoms with E-state index in [1.54, 1.807) is 20.8 Å². The Kier molecular flexibility index (Phi) is 22.6. The van der Waals surface area contributed by atoms with Crippen LogP contribution in [0.2, 0.25) is 0 Å². The molecule has 1 saturated carbocycles. The fraction of sp³-hybridized carbons (Fsp3) is 0.822. The highest BCUT2D eigenvalue weighted by Crippen LogP contribution is 2.36. The second-order valence-corrected chi connectivity index (χ2v) is 17.7. The lowest BCUT2D eigenvalue weighted by atomic mass is 9.76. The number of esters is 1. The lowest BCUT2D eigenvalue weighted by Crippen LogP contribution is -2.47. The van der Waals surface area contributed by atoms with Crippen molar-refractivity contribution in [3.63, 3.8) is 0 Å². The summed E-state index contributed by atoms with van der Waals surface area (Å²) in [5.41, 5.74) is 4.70. The summed E-state index contributed by atoms with van der Waals surface area (Å²) in [6.07, 6.45) is 10.1. The molecule has 0 aromatic rings. The smallest absolute Gasteiger partial charge is 0.332 e. The number of unbranched alkanes of at least 4 members (excludes halogenated alkanes) is 2. The number of nitrogens with two attached hydrogens (primary N) is 1. The summed E-state index contributed by atoms with van der Waals surface area (Å²) >= 11 is 0. The van der Waals surface area contributed by atoms with Crippen LogP contribution in [-0.2, 0) is 47.8 Å². The molecule has 1 aliphatic carbocycles. The van der Waals surface area contributed by atoms with Gasteiger partial charge in [0.05, 0.1) is 12.1 Å². The van der Waals surface area contributed by atoms with E-state index in [0.717, 1.165) is 64.2 Å². The largest absolute Gasteiger partial charge is 0.458 e. The van der Waals surface area contributed by atoms with Crippen LogP contribution in [0.5, 0.6) is 0 Å². The van der Waals surface area contributed by atoms with Gasteiger partial charge in [-0.3, -0.25) is 33.6 Å². The highest BCUT2D eigenvalue weighted by molar-refractivity contribution is 6.38. The Bertz CT molecular complexity index is 1380. The second kappa shape index (κ2) is 25.9. The normalized spacial score (nSPS) is 19.5. The number of nitrogens with zero attached hydrogens (tertiary/aromatic N) is 1. The standard InChI is InChI=1S/C45H75N3O10/c1-8-12-18-30(11-4)24-33(49)26-35(31-19-15-14-16-20-31)44(56)48-28-34(57-29-41(53)58-45(5,6)7)27-37(48)39(51)25-32(17-10-3)42(54)38(50)22-23-40(52)47-36(43(46)55)21-13-9-2/h30-32,34-37H,8-29H2,1-7H3,(H2,46,55)(H,47,52)/t30?,32?,34-,35?,36?,37+/m1/s1. The highest BCUT2D eigenvalue weighted by Gasteiger charge is 2.45. The molecule has 3 amide bonds. The summed E-state index contributed by atoms with van der Waals surface area (Å²) < 4.78 is 11.4. The summed E-state index contributed by atoms with van der Waals surface area (Å²) in [4.78, 5) is 108. The topological polar surface area (TPSA) is 196 Å². The number of likely N-dealkylation sites (tertiary alicyclic amines) is 1. The molecular formula is C45H75N3O10. The number of ketones is 4. The van der Waals surface area contributed by atoms with E-state index in [1.807, 2.05) is 13.8 Å². The fourth-order valence-electron chi connectivity index (χ4n) is 8.41. The number of carbonyl (C=O) groups is 8. The van der Waals surface area contributed by atoms with Gasteiger partial charge in [0, 0.05) is 56.9 Å². The second-order valence-electron chi connectivity index (χ2n) is 17.7. The summed E-state index contributed by atoms with van der Waals surface area (Å²) in [6, 6.07) is -1.85. The number of Topliss-reactive ketones (excluding diaryl/α,β-unsaturated/α-hetero) is 4.